The minimum Gasteiger partial charge on any atom is -0.481 e. The van der Waals surface area contributed by atoms with Crippen LogP contribution in [0.5, 0.6) is 5.88 Å². The zero-order chi connectivity index (χ0) is 17.8. The van der Waals surface area contributed by atoms with E-state index in [1.807, 2.05) is 61.1 Å². The molecule has 0 atom stereocenters. The molecule has 0 saturated heterocycles. The number of benzene rings is 1. The van der Waals surface area contributed by atoms with Crippen LogP contribution < -0.4 is 15.6 Å². The molecular formula is C19H22N4O2. The number of pyridine rings is 1. The summed E-state index contributed by atoms with van der Waals surface area (Å²) >= 11 is 0. The van der Waals surface area contributed by atoms with Crippen LogP contribution in [0.3, 0.4) is 0 Å². The summed E-state index contributed by atoms with van der Waals surface area (Å²) in [5.74, 6) is 0.599. The third kappa shape index (κ3) is 3.34. The smallest absolute Gasteiger partial charge is 0.276 e. The highest BCUT2D eigenvalue weighted by molar-refractivity contribution is 5.33. The predicted molar refractivity (Wildman–Crippen MR) is 97.1 cm³/mol. The first-order valence-corrected chi connectivity index (χ1v) is 8.15. The first-order valence-electron chi connectivity index (χ1n) is 8.15. The fourth-order valence-electron chi connectivity index (χ4n) is 2.89. The van der Waals surface area contributed by atoms with Crippen molar-refractivity contribution in [1.29, 1.82) is 0 Å². The topological polar surface area (TPSA) is 61.1 Å². The highest BCUT2D eigenvalue weighted by atomic mass is 16.5. The predicted octanol–water partition coefficient (Wildman–Crippen LogP) is 2.18. The van der Waals surface area contributed by atoms with Crippen molar-refractivity contribution in [3.63, 3.8) is 0 Å². The monoisotopic (exact) mass is 338 g/mol. The summed E-state index contributed by atoms with van der Waals surface area (Å²) in [5.41, 5.74) is 3.52. The van der Waals surface area contributed by atoms with Crippen molar-refractivity contribution < 1.29 is 4.74 Å². The molecule has 1 N–H and O–H groups in total. The SMILES string of the molecule is COc1ncccc1CNCc1c(C)n(C)n(-c2ccccc2)c1=O. The first kappa shape index (κ1) is 17.0. The van der Waals surface area contributed by atoms with Gasteiger partial charge in [0.1, 0.15) is 0 Å². The van der Waals surface area contributed by atoms with Crippen molar-refractivity contribution in [2.24, 2.45) is 7.05 Å². The highest BCUT2D eigenvalue weighted by Crippen LogP contribution is 2.14. The molecule has 0 aliphatic rings. The van der Waals surface area contributed by atoms with Gasteiger partial charge in [-0.1, -0.05) is 24.3 Å². The Morgan fingerprint density at radius 2 is 1.88 bits per heavy atom. The largest absolute Gasteiger partial charge is 0.481 e. The number of rotatable bonds is 6. The number of ether oxygens (including phenoxy) is 1. The Balaban J connectivity index is 1.81. The Morgan fingerprint density at radius 1 is 1.12 bits per heavy atom. The molecule has 2 aromatic heterocycles. The van der Waals surface area contributed by atoms with Crippen LogP contribution in [0.1, 0.15) is 16.8 Å². The average Bonchev–Trinajstić information content (AvgIpc) is 2.86. The quantitative estimate of drug-likeness (QED) is 0.748. The standard InChI is InChI=1S/C19H22N4O2/c1-14-17(13-20-12-15-8-7-11-21-18(15)25-3)19(24)23(22(14)2)16-9-5-4-6-10-16/h4-11,20H,12-13H2,1-3H3. The van der Waals surface area contributed by atoms with E-state index in [2.05, 4.69) is 10.3 Å². The van der Waals surface area contributed by atoms with Gasteiger partial charge in [-0.2, -0.15) is 0 Å². The number of methoxy groups -OCH3 is 1. The van der Waals surface area contributed by atoms with Crippen molar-refractivity contribution >= 4 is 0 Å². The van der Waals surface area contributed by atoms with E-state index >= 15 is 0 Å². The summed E-state index contributed by atoms with van der Waals surface area (Å²) in [7, 11) is 3.50. The fourth-order valence-corrected chi connectivity index (χ4v) is 2.89. The molecule has 0 unspecified atom stereocenters. The van der Waals surface area contributed by atoms with Crippen LogP contribution in [0.25, 0.3) is 5.69 Å². The third-order valence-electron chi connectivity index (χ3n) is 4.33. The van der Waals surface area contributed by atoms with Crippen molar-refractivity contribution in [3.8, 4) is 11.6 Å². The first-order chi connectivity index (χ1) is 12.1. The molecule has 1 aromatic carbocycles. The lowest BCUT2D eigenvalue weighted by atomic mass is 10.2. The van der Waals surface area contributed by atoms with Gasteiger partial charge in [-0.15, -0.1) is 0 Å². The molecule has 0 aliphatic heterocycles. The summed E-state index contributed by atoms with van der Waals surface area (Å²) in [5, 5.41) is 3.32. The summed E-state index contributed by atoms with van der Waals surface area (Å²) in [6.07, 6.45) is 1.70. The van der Waals surface area contributed by atoms with Gasteiger partial charge in [0.25, 0.3) is 5.56 Å². The van der Waals surface area contributed by atoms with Crippen molar-refractivity contribution in [3.05, 3.63) is 75.8 Å². The molecule has 0 aliphatic carbocycles. The molecule has 6 nitrogen and oxygen atoms in total. The Kier molecular flexibility index (Phi) is 5.00. The van der Waals surface area contributed by atoms with Crippen LogP contribution in [0, 0.1) is 6.92 Å². The molecule has 2 heterocycles. The van der Waals surface area contributed by atoms with Gasteiger partial charge in [0.15, 0.2) is 0 Å². The Morgan fingerprint density at radius 3 is 2.60 bits per heavy atom. The fraction of sp³-hybridized carbons (Fsp3) is 0.263. The number of hydrogen-bond acceptors (Lipinski definition) is 4. The summed E-state index contributed by atoms with van der Waals surface area (Å²) in [6, 6.07) is 13.5. The maximum absolute atomic E-state index is 12.8. The van der Waals surface area contributed by atoms with Gasteiger partial charge in [-0.05, 0) is 25.1 Å². The third-order valence-corrected chi connectivity index (χ3v) is 4.33. The Bertz CT molecular complexity index is 913. The molecule has 6 heteroatoms. The lowest BCUT2D eigenvalue weighted by molar-refractivity contribution is 0.390. The van der Waals surface area contributed by atoms with E-state index in [0.717, 1.165) is 22.5 Å². The molecule has 130 valence electrons. The van der Waals surface area contributed by atoms with Crippen molar-refractivity contribution in [2.45, 2.75) is 20.0 Å². The number of para-hydroxylation sites is 1. The van der Waals surface area contributed by atoms with Crippen LogP contribution in [0.2, 0.25) is 0 Å². The van der Waals surface area contributed by atoms with Crippen LogP contribution in [0.15, 0.2) is 53.5 Å². The molecule has 3 rings (SSSR count). The second-order valence-corrected chi connectivity index (χ2v) is 5.82. The lowest BCUT2D eigenvalue weighted by Crippen LogP contribution is -2.23. The maximum atomic E-state index is 12.8. The van der Waals surface area contributed by atoms with Crippen molar-refractivity contribution in [2.75, 3.05) is 7.11 Å². The van der Waals surface area contributed by atoms with Crippen LogP contribution >= 0.6 is 0 Å². The summed E-state index contributed by atoms with van der Waals surface area (Å²) in [6.45, 7) is 3.02. The molecule has 0 amide bonds. The van der Waals surface area contributed by atoms with E-state index in [-0.39, 0.29) is 5.56 Å². The van der Waals surface area contributed by atoms with Crippen molar-refractivity contribution in [1.82, 2.24) is 19.7 Å². The maximum Gasteiger partial charge on any atom is 0.276 e. The Labute approximate surface area is 146 Å². The average molecular weight is 338 g/mol. The van der Waals surface area contributed by atoms with E-state index in [1.54, 1.807) is 18.0 Å². The molecule has 3 aromatic rings. The van der Waals surface area contributed by atoms with E-state index in [1.165, 1.54) is 0 Å². The number of hydrogen-bond donors (Lipinski definition) is 1. The molecule has 0 radical (unpaired) electrons. The summed E-state index contributed by atoms with van der Waals surface area (Å²) < 4.78 is 8.84. The van der Waals surface area contributed by atoms with E-state index < -0.39 is 0 Å². The zero-order valence-electron chi connectivity index (χ0n) is 14.7. The van der Waals surface area contributed by atoms with Gasteiger partial charge >= 0.3 is 0 Å². The van der Waals surface area contributed by atoms with Gasteiger partial charge in [0, 0.05) is 37.6 Å². The number of aromatic nitrogens is 3. The molecule has 0 bridgehead atoms. The van der Waals surface area contributed by atoms with E-state index in [9.17, 15) is 4.79 Å². The molecule has 0 saturated carbocycles. The van der Waals surface area contributed by atoms with Gasteiger partial charge < -0.3 is 10.1 Å². The minimum atomic E-state index is -0.00292. The minimum absolute atomic E-state index is 0.00292. The van der Waals surface area contributed by atoms with E-state index in [4.69, 9.17) is 4.74 Å². The van der Waals surface area contributed by atoms with E-state index in [0.29, 0.717) is 19.0 Å². The van der Waals surface area contributed by atoms with Crippen LogP contribution in [0.4, 0.5) is 0 Å². The van der Waals surface area contributed by atoms with Crippen LogP contribution in [-0.4, -0.2) is 21.5 Å². The number of nitrogens with zero attached hydrogens (tertiary/aromatic N) is 3. The number of nitrogens with one attached hydrogen (secondary N) is 1. The second-order valence-electron chi connectivity index (χ2n) is 5.82. The lowest BCUT2D eigenvalue weighted by Gasteiger charge is -2.08. The summed E-state index contributed by atoms with van der Waals surface area (Å²) in [4.78, 5) is 17.0. The second kappa shape index (κ2) is 7.36. The highest BCUT2D eigenvalue weighted by Gasteiger charge is 2.15. The molecule has 25 heavy (non-hydrogen) atoms. The normalized spacial score (nSPS) is 10.8. The van der Waals surface area contributed by atoms with Crippen LogP contribution in [-0.2, 0) is 20.1 Å². The molecular weight excluding hydrogens is 316 g/mol. The molecule has 0 spiro atoms. The van der Waals surface area contributed by atoms with Gasteiger partial charge in [0.2, 0.25) is 5.88 Å². The van der Waals surface area contributed by atoms with Gasteiger partial charge in [0.05, 0.1) is 18.4 Å². The van der Waals surface area contributed by atoms with Gasteiger partial charge in [-0.25, -0.2) is 9.67 Å². The Hall–Kier alpha value is -2.86. The zero-order valence-corrected chi connectivity index (χ0v) is 14.7. The molecule has 0 fully saturated rings. The van der Waals surface area contributed by atoms with Gasteiger partial charge in [-0.3, -0.25) is 9.48 Å².